The van der Waals surface area contributed by atoms with Crippen molar-refractivity contribution in [1.82, 2.24) is 5.32 Å². The minimum atomic E-state index is -0.774. The van der Waals surface area contributed by atoms with Crippen molar-refractivity contribution in [3.8, 4) is 0 Å². The van der Waals surface area contributed by atoms with Gasteiger partial charge in [0.25, 0.3) is 0 Å². The van der Waals surface area contributed by atoms with Gasteiger partial charge in [0.1, 0.15) is 6.04 Å². The first-order chi connectivity index (χ1) is 8.52. The van der Waals surface area contributed by atoms with Gasteiger partial charge in [0, 0.05) is 11.4 Å². The van der Waals surface area contributed by atoms with E-state index in [1.54, 1.807) is 11.8 Å². The Balaban J connectivity index is 2.52. The number of aliphatic carboxylic acids is 1. The van der Waals surface area contributed by atoms with Gasteiger partial charge in [-0.15, -0.1) is 11.8 Å². The molecule has 0 heterocycles. The maximum absolute atomic E-state index is 11.1. The SMILES string of the molecule is CSc1ccc(CN[C@@H](CC(C)C)C(=O)O)cc1. The molecule has 3 nitrogen and oxygen atoms in total. The first-order valence-electron chi connectivity index (χ1n) is 6.12. The van der Waals surface area contributed by atoms with Crippen LogP contribution in [0, 0.1) is 5.92 Å². The van der Waals surface area contributed by atoms with Crippen molar-refractivity contribution < 1.29 is 9.90 Å². The highest BCUT2D eigenvalue weighted by molar-refractivity contribution is 7.98. The molecule has 0 amide bonds. The average Bonchev–Trinajstić information content (AvgIpc) is 2.34. The highest BCUT2D eigenvalue weighted by atomic mass is 32.2. The maximum atomic E-state index is 11.1. The summed E-state index contributed by atoms with van der Waals surface area (Å²) in [6.07, 6.45) is 2.69. The second kappa shape index (κ2) is 7.44. The molecule has 0 aliphatic carbocycles. The van der Waals surface area contributed by atoms with Crippen molar-refractivity contribution in [3.63, 3.8) is 0 Å². The summed E-state index contributed by atoms with van der Waals surface area (Å²) < 4.78 is 0. The molecule has 0 saturated heterocycles. The molecule has 0 aromatic heterocycles. The maximum Gasteiger partial charge on any atom is 0.320 e. The molecule has 0 spiro atoms. The van der Waals surface area contributed by atoms with E-state index in [-0.39, 0.29) is 0 Å². The van der Waals surface area contributed by atoms with Gasteiger partial charge in [-0.25, -0.2) is 0 Å². The van der Waals surface area contributed by atoms with E-state index in [2.05, 4.69) is 17.4 Å². The molecule has 4 heteroatoms. The second-order valence-corrected chi connectivity index (χ2v) is 5.63. The molecule has 1 rings (SSSR count). The lowest BCUT2D eigenvalue weighted by Gasteiger charge is -2.16. The van der Waals surface area contributed by atoms with Gasteiger partial charge in [0.2, 0.25) is 0 Å². The lowest BCUT2D eigenvalue weighted by Crippen LogP contribution is -2.37. The van der Waals surface area contributed by atoms with Crippen molar-refractivity contribution in [3.05, 3.63) is 29.8 Å². The Morgan fingerprint density at radius 3 is 2.39 bits per heavy atom. The fourth-order valence-electron chi connectivity index (χ4n) is 1.73. The smallest absolute Gasteiger partial charge is 0.320 e. The number of benzene rings is 1. The van der Waals surface area contributed by atoms with Crippen LogP contribution >= 0.6 is 11.8 Å². The summed E-state index contributed by atoms with van der Waals surface area (Å²) in [5, 5.41) is 12.2. The van der Waals surface area contributed by atoms with Crippen LogP contribution in [-0.4, -0.2) is 23.4 Å². The van der Waals surface area contributed by atoms with Gasteiger partial charge in [-0.2, -0.15) is 0 Å². The molecule has 100 valence electrons. The lowest BCUT2D eigenvalue weighted by atomic mass is 10.0. The van der Waals surface area contributed by atoms with Gasteiger partial charge in [0.15, 0.2) is 0 Å². The van der Waals surface area contributed by atoms with Crippen LogP contribution in [0.5, 0.6) is 0 Å². The molecule has 1 aromatic carbocycles. The average molecular weight is 267 g/mol. The third-order valence-corrected chi connectivity index (χ3v) is 3.46. The van der Waals surface area contributed by atoms with Crippen LogP contribution < -0.4 is 5.32 Å². The van der Waals surface area contributed by atoms with Crippen molar-refractivity contribution in [2.45, 2.75) is 37.8 Å². The van der Waals surface area contributed by atoms with E-state index in [0.29, 0.717) is 18.9 Å². The number of carboxylic acid groups (broad SMARTS) is 1. The highest BCUT2D eigenvalue weighted by Crippen LogP contribution is 2.15. The molecular weight excluding hydrogens is 246 g/mol. The fourth-order valence-corrected chi connectivity index (χ4v) is 2.14. The van der Waals surface area contributed by atoms with Crippen molar-refractivity contribution >= 4 is 17.7 Å². The molecule has 0 saturated carbocycles. The van der Waals surface area contributed by atoms with Gasteiger partial charge in [0.05, 0.1) is 0 Å². The molecule has 18 heavy (non-hydrogen) atoms. The molecule has 0 unspecified atom stereocenters. The van der Waals surface area contributed by atoms with E-state index in [4.69, 9.17) is 5.11 Å². The summed E-state index contributed by atoms with van der Waals surface area (Å²) in [6.45, 7) is 4.66. The number of hydrogen-bond acceptors (Lipinski definition) is 3. The van der Waals surface area contributed by atoms with Crippen LogP contribution in [0.4, 0.5) is 0 Å². The number of rotatable bonds is 7. The molecular formula is C14H21NO2S. The first-order valence-corrected chi connectivity index (χ1v) is 7.34. The first kappa shape index (κ1) is 15.1. The lowest BCUT2D eigenvalue weighted by molar-refractivity contribution is -0.140. The van der Waals surface area contributed by atoms with Crippen LogP contribution in [0.15, 0.2) is 29.2 Å². The molecule has 1 atom stereocenters. The minimum Gasteiger partial charge on any atom is -0.480 e. The van der Waals surface area contributed by atoms with Crippen LogP contribution in [0.3, 0.4) is 0 Å². The van der Waals surface area contributed by atoms with E-state index >= 15 is 0 Å². The summed E-state index contributed by atoms with van der Waals surface area (Å²) in [5.74, 6) is -0.401. The summed E-state index contributed by atoms with van der Waals surface area (Å²) in [7, 11) is 0. The van der Waals surface area contributed by atoms with E-state index in [0.717, 1.165) is 5.56 Å². The van der Waals surface area contributed by atoms with Gasteiger partial charge < -0.3 is 10.4 Å². The number of carbonyl (C=O) groups is 1. The number of hydrogen-bond donors (Lipinski definition) is 2. The topological polar surface area (TPSA) is 49.3 Å². The third-order valence-electron chi connectivity index (χ3n) is 2.72. The zero-order chi connectivity index (χ0) is 13.5. The number of carboxylic acids is 1. The fraction of sp³-hybridized carbons (Fsp3) is 0.500. The van der Waals surface area contributed by atoms with E-state index in [1.165, 1.54) is 4.90 Å². The van der Waals surface area contributed by atoms with Gasteiger partial charge in [-0.05, 0) is 36.3 Å². The Bertz CT molecular complexity index is 376. The van der Waals surface area contributed by atoms with Crippen molar-refractivity contribution in [2.75, 3.05) is 6.26 Å². The molecule has 0 bridgehead atoms. The second-order valence-electron chi connectivity index (χ2n) is 4.75. The molecule has 0 fully saturated rings. The Morgan fingerprint density at radius 2 is 1.94 bits per heavy atom. The van der Waals surface area contributed by atoms with Crippen molar-refractivity contribution in [1.29, 1.82) is 0 Å². The number of nitrogens with one attached hydrogen (secondary N) is 1. The third kappa shape index (κ3) is 5.10. The largest absolute Gasteiger partial charge is 0.480 e. The minimum absolute atomic E-state index is 0.373. The van der Waals surface area contributed by atoms with Gasteiger partial charge >= 0.3 is 5.97 Å². The predicted molar refractivity (Wildman–Crippen MR) is 75.9 cm³/mol. The van der Waals surface area contributed by atoms with E-state index in [9.17, 15) is 4.79 Å². The molecule has 0 aliphatic rings. The summed E-state index contributed by atoms with van der Waals surface area (Å²) in [4.78, 5) is 12.3. The molecule has 1 aromatic rings. The van der Waals surface area contributed by atoms with Gasteiger partial charge in [-0.1, -0.05) is 26.0 Å². The molecule has 0 aliphatic heterocycles. The van der Waals surface area contributed by atoms with E-state index in [1.807, 2.05) is 32.2 Å². The van der Waals surface area contributed by atoms with E-state index < -0.39 is 12.0 Å². The molecule has 2 N–H and O–H groups in total. The summed E-state index contributed by atoms with van der Waals surface area (Å²) >= 11 is 1.70. The quantitative estimate of drug-likeness (QED) is 0.746. The van der Waals surface area contributed by atoms with Crippen LogP contribution in [0.1, 0.15) is 25.8 Å². The highest BCUT2D eigenvalue weighted by Gasteiger charge is 2.17. The summed E-state index contributed by atoms with van der Waals surface area (Å²) in [5.41, 5.74) is 1.11. The standard InChI is InChI=1S/C14H21NO2S/c1-10(2)8-13(14(16)17)15-9-11-4-6-12(18-3)7-5-11/h4-7,10,13,15H,8-9H2,1-3H3,(H,16,17)/t13-/m0/s1. The Labute approximate surface area is 113 Å². The molecule has 0 radical (unpaired) electrons. The zero-order valence-electron chi connectivity index (χ0n) is 11.1. The monoisotopic (exact) mass is 267 g/mol. The number of thioether (sulfide) groups is 1. The Morgan fingerprint density at radius 1 is 1.33 bits per heavy atom. The predicted octanol–water partition coefficient (Wildman–Crippen LogP) is 3.00. The Hall–Kier alpha value is -1.00. The zero-order valence-corrected chi connectivity index (χ0v) is 12.0. The van der Waals surface area contributed by atoms with Crippen LogP contribution in [0.2, 0.25) is 0 Å². The summed E-state index contributed by atoms with van der Waals surface area (Å²) in [6, 6.07) is 7.71. The van der Waals surface area contributed by atoms with Crippen LogP contribution in [0.25, 0.3) is 0 Å². The van der Waals surface area contributed by atoms with Crippen molar-refractivity contribution in [2.24, 2.45) is 5.92 Å². The van der Waals surface area contributed by atoms with Crippen LogP contribution in [-0.2, 0) is 11.3 Å². The normalized spacial score (nSPS) is 12.7. The van der Waals surface area contributed by atoms with Gasteiger partial charge in [-0.3, -0.25) is 4.79 Å². The Kier molecular flexibility index (Phi) is 6.22.